The molecule has 0 N–H and O–H groups in total. The zero-order valence-electron chi connectivity index (χ0n) is 8.95. The number of pyridine rings is 1. The van der Waals surface area contributed by atoms with E-state index in [1.54, 1.807) is 4.73 Å². The predicted octanol–water partition coefficient (Wildman–Crippen LogP) is 0.886. The lowest BCUT2D eigenvalue weighted by Gasteiger charge is -2.00. The third-order valence-electron chi connectivity index (χ3n) is 2.08. The first-order valence-corrected chi connectivity index (χ1v) is 5.16. The smallest absolute Gasteiger partial charge is 0.395 e. The van der Waals surface area contributed by atoms with Gasteiger partial charge in [0, 0.05) is 12.1 Å². The van der Waals surface area contributed by atoms with Crippen LogP contribution >= 0.6 is 0 Å². The minimum atomic E-state index is 0.240. The van der Waals surface area contributed by atoms with Gasteiger partial charge in [0.2, 0.25) is 12.4 Å². The summed E-state index contributed by atoms with van der Waals surface area (Å²) in [5, 5.41) is 0. The van der Waals surface area contributed by atoms with Gasteiger partial charge in [-0.15, -0.1) is 0 Å². The highest BCUT2D eigenvalue weighted by Crippen LogP contribution is 1.98. The van der Waals surface area contributed by atoms with Crippen molar-refractivity contribution in [3.05, 3.63) is 66.5 Å². The molecule has 80 valence electrons. The van der Waals surface area contributed by atoms with E-state index in [1.807, 2.05) is 60.9 Å². The standard InChI is InChI=1S/C12H13BNO2/c1-3-7-12(8-4-1)11-15-13-16-14-9-5-2-6-10-14/h1-10,13H,11H2/q+1. The van der Waals surface area contributed by atoms with Crippen LogP contribution in [0.5, 0.6) is 0 Å². The van der Waals surface area contributed by atoms with Gasteiger partial charge in [-0.05, 0) is 10.3 Å². The third-order valence-corrected chi connectivity index (χ3v) is 2.08. The van der Waals surface area contributed by atoms with Crippen LogP contribution < -0.4 is 9.49 Å². The van der Waals surface area contributed by atoms with E-state index in [4.69, 9.17) is 9.41 Å². The summed E-state index contributed by atoms with van der Waals surface area (Å²) >= 11 is 0. The van der Waals surface area contributed by atoms with Gasteiger partial charge >= 0.3 is 7.69 Å². The quantitative estimate of drug-likeness (QED) is 0.419. The first kappa shape index (κ1) is 10.7. The van der Waals surface area contributed by atoms with E-state index in [0.717, 1.165) is 5.56 Å². The number of nitrogens with zero attached hydrogens (tertiary/aromatic N) is 1. The average Bonchev–Trinajstić information content (AvgIpc) is 2.37. The maximum atomic E-state index is 5.38. The summed E-state index contributed by atoms with van der Waals surface area (Å²) in [7, 11) is 0.240. The van der Waals surface area contributed by atoms with E-state index in [9.17, 15) is 0 Å². The number of hydrogen-bond acceptors (Lipinski definition) is 2. The Morgan fingerprint density at radius 1 is 0.938 bits per heavy atom. The molecule has 0 spiro atoms. The second kappa shape index (κ2) is 5.93. The maximum absolute atomic E-state index is 5.38. The molecule has 2 rings (SSSR count). The fraction of sp³-hybridized carbons (Fsp3) is 0.0833. The van der Waals surface area contributed by atoms with E-state index in [1.165, 1.54) is 0 Å². The minimum absolute atomic E-state index is 0.240. The van der Waals surface area contributed by atoms with Gasteiger partial charge in [0.1, 0.15) is 0 Å². The molecule has 0 saturated heterocycles. The summed E-state index contributed by atoms with van der Waals surface area (Å²) in [6.45, 7) is 0.564. The minimum Gasteiger partial charge on any atom is -0.395 e. The molecule has 0 aliphatic rings. The molecule has 3 nitrogen and oxygen atoms in total. The van der Waals surface area contributed by atoms with Crippen molar-refractivity contribution >= 4 is 7.69 Å². The van der Waals surface area contributed by atoms with Crippen molar-refractivity contribution in [2.24, 2.45) is 0 Å². The summed E-state index contributed by atoms with van der Waals surface area (Å²) in [5.74, 6) is 0. The average molecular weight is 214 g/mol. The Hall–Kier alpha value is -1.81. The van der Waals surface area contributed by atoms with Crippen molar-refractivity contribution in [2.45, 2.75) is 6.61 Å². The number of hydrogen-bond donors (Lipinski definition) is 0. The number of rotatable bonds is 5. The Morgan fingerprint density at radius 2 is 1.62 bits per heavy atom. The molecule has 0 amide bonds. The van der Waals surface area contributed by atoms with Crippen LogP contribution in [0.25, 0.3) is 0 Å². The molecule has 0 bridgehead atoms. The normalized spacial score (nSPS) is 9.75. The third kappa shape index (κ3) is 3.40. The van der Waals surface area contributed by atoms with E-state index >= 15 is 0 Å². The zero-order valence-corrected chi connectivity index (χ0v) is 8.95. The van der Waals surface area contributed by atoms with Gasteiger partial charge in [0.15, 0.2) is 0 Å². The van der Waals surface area contributed by atoms with Crippen molar-refractivity contribution in [3.8, 4) is 0 Å². The number of aromatic nitrogens is 1. The van der Waals surface area contributed by atoms with Gasteiger partial charge < -0.3 is 9.41 Å². The molecule has 0 aliphatic carbocycles. The van der Waals surface area contributed by atoms with Gasteiger partial charge in [-0.3, -0.25) is 0 Å². The Morgan fingerprint density at radius 3 is 2.38 bits per heavy atom. The Labute approximate surface area is 95.5 Å². The SMILES string of the molecule is B(OCc1ccccc1)O[n+]1ccccc1. The molecule has 1 aromatic carbocycles. The van der Waals surface area contributed by atoms with Crippen LogP contribution in [-0.4, -0.2) is 7.69 Å². The second-order valence-corrected chi connectivity index (χ2v) is 3.32. The predicted molar refractivity (Wildman–Crippen MR) is 61.6 cm³/mol. The number of benzene rings is 1. The van der Waals surface area contributed by atoms with E-state index < -0.39 is 0 Å². The lowest BCUT2D eigenvalue weighted by molar-refractivity contribution is -0.862. The van der Waals surface area contributed by atoms with Gasteiger partial charge in [-0.1, -0.05) is 36.4 Å². The fourth-order valence-electron chi connectivity index (χ4n) is 1.30. The molecule has 2 aromatic rings. The highest BCUT2D eigenvalue weighted by Gasteiger charge is 2.02. The fourth-order valence-corrected chi connectivity index (χ4v) is 1.30. The largest absolute Gasteiger partial charge is 0.592 e. The molecule has 0 saturated carbocycles. The van der Waals surface area contributed by atoms with Crippen molar-refractivity contribution < 1.29 is 14.1 Å². The molecule has 4 heteroatoms. The molecule has 0 fully saturated rings. The first-order chi connectivity index (χ1) is 7.95. The maximum Gasteiger partial charge on any atom is 0.592 e. The zero-order chi connectivity index (χ0) is 11.1. The molecule has 0 radical (unpaired) electrons. The van der Waals surface area contributed by atoms with Crippen molar-refractivity contribution in [1.82, 2.24) is 0 Å². The van der Waals surface area contributed by atoms with Gasteiger partial charge in [0.05, 0.1) is 6.61 Å². The van der Waals surface area contributed by atoms with Crippen molar-refractivity contribution in [1.29, 1.82) is 0 Å². The second-order valence-electron chi connectivity index (χ2n) is 3.32. The molecule has 0 unspecified atom stereocenters. The Balaban J connectivity index is 1.70. The van der Waals surface area contributed by atoms with Crippen molar-refractivity contribution in [2.75, 3.05) is 0 Å². The summed E-state index contributed by atoms with van der Waals surface area (Å²) in [6.07, 6.45) is 3.65. The summed E-state index contributed by atoms with van der Waals surface area (Å²) in [6, 6.07) is 15.8. The molecular formula is C12H13BNO2+. The monoisotopic (exact) mass is 214 g/mol. The van der Waals surface area contributed by atoms with Crippen LogP contribution in [0.2, 0.25) is 0 Å². The van der Waals surface area contributed by atoms with Crippen LogP contribution in [0.3, 0.4) is 0 Å². The summed E-state index contributed by atoms with van der Waals surface area (Å²) in [5.41, 5.74) is 1.14. The first-order valence-electron chi connectivity index (χ1n) is 5.16. The van der Waals surface area contributed by atoms with Crippen LogP contribution in [0.4, 0.5) is 0 Å². The van der Waals surface area contributed by atoms with E-state index in [2.05, 4.69) is 0 Å². The highest BCUT2D eigenvalue weighted by atomic mass is 16.7. The molecule has 0 aliphatic heterocycles. The summed E-state index contributed by atoms with van der Waals surface area (Å²) < 4.78 is 12.3. The van der Waals surface area contributed by atoms with Crippen LogP contribution in [0.1, 0.15) is 5.56 Å². The lowest BCUT2D eigenvalue weighted by Crippen LogP contribution is -2.44. The molecule has 16 heavy (non-hydrogen) atoms. The van der Waals surface area contributed by atoms with E-state index in [-0.39, 0.29) is 7.69 Å². The van der Waals surface area contributed by atoms with Crippen LogP contribution in [0.15, 0.2) is 60.9 Å². The van der Waals surface area contributed by atoms with Crippen molar-refractivity contribution in [3.63, 3.8) is 0 Å². The molecule has 1 aromatic heterocycles. The summed E-state index contributed by atoms with van der Waals surface area (Å²) in [4.78, 5) is 0. The molecule has 0 atom stereocenters. The van der Waals surface area contributed by atoms with Gasteiger partial charge in [-0.2, -0.15) is 0 Å². The van der Waals surface area contributed by atoms with E-state index in [0.29, 0.717) is 6.61 Å². The highest BCUT2D eigenvalue weighted by molar-refractivity contribution is 6.17. The lowest BCUT2D eigenvalue weighted by atomic mass is 10.2. The van der Waals surface area contributed by atoms with Gasteiger partial charge in [-0.25, -0.2) is 0 Å². The van der Waals surface area contributed by atoms with Crippen LogP contribution in [0, 0.1) is 0 Å². The van der Waals surface area contributed by atoms with Gasteiger partial charge in [0.25, 0.3) is 0 Å². The Kier molecular flexibility index (Phi) is 3.97. The topological polar surface area (TPSA) is 22.3 Å². The molecular weight excluding hydrogens is 201 g/mol. The Bertz CT molecular complexity index is 366. The molecule has 1 heterocycles. The van der Waals surface area contributed by atoms with Crippen LogP contribution in [-0.2, 0) is 11.3 Å².